The Morgan fingerprint density at radius 3 is 2.82 bits per heavy atom. The summed E-state index contributed by atoms with van der Waals surface area (Å²) >= 11 is 0. The molecule has 17 heavy (non-hydrogen) atoms. The maximum Gasteiger partial charge on any atom is 0.338 e. The lowest BCUT2D eigenvalue weighted by atomic mass is 10.1. The zero-order valence-electron chi connectivity index (χ0n) is 8.97. The van der Waals surface area contributed by atoms with Crippen LogP contribution in [0, 0.1) is 22.0 Å². The Morgan fingerprint density at radius 2 is 2.29 bits per heavy atom. The first-order chi connectivity index (χ1) is 8.10. The van der Waals surface area contributed by atoms with Gasteiger partial charge in [0.2, 0.25) is 0 Å². The Balaban J connectivity index is 3.26. The Kier molecular flexibility index (Phi) is 4.20. The number of nitro benzene ring substituents is 1. The van der Waals surface area contributed by atoms with E-state index in [1.165, 1.54) is 19.2 Å². The summed E-state index contributed by atoms with van der Waals surface area (Å²) < 4.78 is 4.45. The Labute approximate surface area is 97.0 Å². The van der Waals surface area contributed by atoms with Crippen molar-refractivity contribution in [2.75, 3.05) is 13.7 Å². The van der Waals surface area contributed by atoms with E-state index in [1.54, 1.807) is 0 Å². The van der Waals surface area contributed by atoms with E-state index in [4.69, 9.17) is 5.11 Å². The number of aliphatic hydroxyl groups is 1. The molecule has 1 rings (SSSR count). The fourth-order valence-electron chi connectivity index (χ4n) is 1.17. The highest BCUT2D eigenvalue weighted by atomic mass is 16.6. The summed E-state index contributed by atoms with van der Waals surface area (Å²) in [6, 6.07) is 3.81. The molecule has 1 aromatic rings. The third-order valence-electron chi connectivity index (χ3n) is 1.92. The van der Waals surface area contributed by atoms with Gasteiger partial charge in [0.15, 0.2) is 0 Å². The summed E-state index contributed by atoms with van der Waals surface area (Å²) in [6.45, 7) is -0.393. The maximum atomic E-state index is 11.2. The number of methoxy groups -OCH3 is 1. The zero-order chi connectivity index (χ0) is 12.8. The standard InChI is InChI=1S/C11H9NO5/c1-17-11(14)9-5-4-8(3-2-6-13)10(7-9)12(15)16/h4-5,7,13H,6H2,1H3. The van der Waals surface area contributed by atoms with Crippen LogP contribution in [0.4, 0.5) is 5.69 Å². The van der Waals surface area contributed by atoms with E-state index in [0.29, 0.717) is 0 Å². The normalized spacial score (nSPS) is 9.06. The van der Waals surface area contributed by atoms with Crippen LogP contribution >= 0.6 is 0 Å². The first-order valence-corrected chi connectivity index (χ1v) is 4.56. The van der Waals surface area contributed by atoms with Gasteiger partial charge >= 0.3 is 5.97 Å². The van der Waals surface area contributed by atoms with E-state index in [1.807, 2.05) is 0 Å². The minimum absolute atomic E-state index is 0.0775. The Morgan fingerprint density at radius 1 is 1.59 bits per heavy atom. The molecule has 0 bridgehead atoms. The minimum Gasteiger partial charge on any atom is -0.465 e. The number of nitrogens with zero attached hydrogens (tertiary/aromatic N) is 1. The van der Waals surface area contributed by atoms with Gasteiger partial charge in [-0.05, 0) is 12.1 Å². The third-order valence-corrected chi connectivity index (χ3v) is 1.92. The smallest absolute Gasteiger partial charge is 0.338 e. The van der Waals surface area contributed by atoms with Crippen LogP contribution in [0.1, 0.15) is 15.9 Å². The molecular formula is C11H9NO5. The molecule has 0 unspecified atom stereocenters. The first-order valence-electron chi connectivity index (χ1n) is 4.56. The van der Waals surface area contributed by atoms with E-state index < -0.39 is 17.5 Å². The molecule has 0 aliphatic carbocycles. The molecule has 0 amide bonds. The lowest BCUT2D eigenvalue weighted by Crippen LogP contribution is -2.03. The van der Waals surface area contributed by atoms with Gasteiger partial charge in [-0.25, -0.2) is 4.79 Å². The van der Waals surface area contributed by atoms with Crippen molar-refractivity contribution in [1.29, 1.82) is 0 Å². The molecule has 0 saturated carbocycles. The van der Waals surface area contributed by atoms with Crippen molar-refractivity contribution in [2.45, 2.75) is 0 Å². The number of carbonyl (C=O) groups is 1. The van der Waals surface area contributed by atoms with Crippen molar-refractivity contribution in [2.24, 2.45) is 0 Å². The van der Waals surface area contributed by atoms with Gasteiger partial charge in [0.05, 0.1) is 17.6 Å². The van der Waals surface area contributed by atoms with E-state index in [0.717, 1.165) is 6.07 Å². The van der Waals surface area contributed by atoms with Crippen LogP contribution in [0.15, 0.2) is 18.2 Å². The third kappa shape index (κ3) is 3.03. The average Bonchev–Trinajstić information content (AvgIpc) is 2.35. The lowest BCUT2D eigenvalue weighted by molar-refractivity contribution is -0.385. The summed E-state index contributed by atoms with van der Waals surface area (Å²) in [6.07, 6.45) is 0. The van der Waals surface area contributed by atoms with E-state index in [-0.39, 0.29) is 16.8 Å². The van der Waals surface area contributed by atoms with Gasteiger partial charge in [0, 0.05) is 6.07 Å². The van der Waals surface area contributed by atoms with Crippen molar-refractivity contribution < 1.29 is 19.6 Å². The number of esters is 1. The molecule has 0 saturated heterocycles. The van der Waals surface area contributed by atoms with Crippen LogP contribution in [0.3, 0.4) is 0 Å². The molecule has 88 valence electrons. The summed E-state index contributed by atoms with van der Waals surface area (Å²) in [7, 11) is 1.19. The molecule has 6 nitrogen and oxygen atoms in total. The summed E-state index contributed by atoms with van der Waals surface area (Å²) in [5.41, 5.74) is -0.0840. The van der Waals surface area contributed by atoms with Crippen molar-refractivity contribution in [3.8, 4) is 11.8 Å². The molecule has 0 spiro atoms. The van der Waals surface area contributed by atoms with Gasteiger partial charge in [0.1, 0.15) is 12.2 Å². The fraction of sp³-hybridized carbons (Fsp3) is 0.182. The fourth-order valence-corrected chi connectivity index (χ4v) is 1.17. The van der Waals surface area contributed by atoms with Gasteiger partial charge < -0.3 is 9.84 Å². The highest BCUT2D eigenvalue weighted by Gasteiger charge is 2.16. The van der Waals surface area contributed by atoms with Gasteiger partial charge in [-0.3, -0.25) is 10.1 Å². The number of nitro groups is 1. The van der Waals surface area contributed by atoms with Crippen molar-refractivity contribution >= 4 is 11.7 Å². The summed E-state index contributed by atoms with van der Waals surface area (Å²) in [4.78, 5) is 21.3. The van der Waals surface area contributed by atoms with Crippen LogP contribution in [0.2, 0.25) is 0 Å². The molecule has 0 aliphatic heterocycles. The van der Waals surface area contributed by atoms with Crippen LogP contribution in [0.5, 0.6) is 0 Å². The molecule has 6 heteroatoms. The average molecular weight is 235 g/mol. The Bertz CT molecular complexity index is 512. The van der Waals surface area contributed by atoms with Crippen molar-refractivity contribution in [3.05, 3.63) is 39.4 Å². The summed E-state index contributed by atoms with van der Waals surface area (Å²) in [5, 5.41) is 19.3. The van der Waals surface area contributed by atoms with E-state index in [9.17, 15) is 14.9 Å². The molecule has 0 aliphatic rings. The highest BCUT2D eigenvalue weighted by molar-refractivity contribution is 5.90. The molecule has 1 N–H and O–H groups in total. The highest BCUT2D eigenvalue weighted by Crippen LogP contribution is 2.19. The van der Waals surface area contributed by atoms with Gasteiger partial charge in [0.25, 0.3) is 5.69 Å². The molecule has 0 aromatic heterocycles. The predicted octanol–water partition coefficient (Wildman–Crippen LogP) is 0.725. The van der Waals surface area contributed by atoms with E-state index >= 15 is 0 Å². The SMILES string of the molecule is COC(=O)c1ccc(C#CCO)c([N+](=O)[O-])c1. The van der Waals surface area contributed by atoms with Crippen molar-refractivity contribution in [1.82, 2.24) is 0 Å². The van der Waals surface area contributed by atoms with Gasteiger partial charge in [-0.1, -0.05) is 11.8 Å². The molecule has 0 fully saturated rings. The topological polar surface area (TPSA) is 89.7 Å². The molecule has 1 aromatic carbocycles. The second kappa shape index (κ2) is 5.63. The number of carbonyl (C=O) groups excluding carboxylic acids is 1. The van der Waals surface area contributed by atoms with Gasteiger partial charge in [-0.2, -0.15) is 0 Å². The van der Waals surface area contributed by atoms with Gasteiger partial charge in [-0.15, -0.1) is 0 Å². The number of aliphatic hydroxyl groups excluding tert-OH is 1. The molecular weight excluding hydrogens is 226 g/mol. The summed E-state index contributed by atoms with van der Waals surface area (Å²) in [5.74, 6) is 4.08. The largest absolute Gasteiger partial charge is 0.465 e. The van der Waals surface area contributed by atoms with Crippen LogP contribution in [-0.2, 0) is 4.74 Å². The second-order valence-corrected chi connectivity index (χ2v) is 2.94. The molecule has 0 atom stereocenters. The monoisotopic (exact) mass is 235 g/mol. The van der Waals surface area contributed by atoms with Crippen LogP contribution in [0.25, 0.3) is 0 Å². The lowest BCUT2D eigenvalue weighted by Gasteiger charge is -2.00. The second-order valence-electron chi connectivity index (χ2n) is 2.94. The number of rotatable bonds is 2. The number of benzene rings is 1. The first kappa shape index (κ1) is 12.7. The van der Waals surface area contributed by atoms with Crippen LogP contribution in [-0.4, -0.2) is 29.7 Å². The number of hydrogen-bond donors (Lipinski definition) is 1. The zero-order valence-corrected chi connectivity index (χ0v) is 8.97. The van der Waals surface area contributed by atoms with E-state index in [2.05, 4.69) is 16.6 Å². The van der Waals surface area contributed by atoms with Crippen LogP contribution < -0.4 is 0 Å². The maximum absolute atomic E-state index is 11.2. The van der Waals surface area contributed by atoms with Crippen molar-refractivity contribution in [3.63, 3.8) is 0 Å². The number of ether oxygens (including phenoxy) is 1. The minimum atomic E-state index is -0.658. The predicted molar refractivity (Wildman–Crippen MR) is 58.4 cm³/mol. The quantitative estimate of drug-likeness (QED) is 0.353. The number of hydrogen-bond acceptors (Lipinski definition) is 5. The molecule has 0 heterocycles. The Hall–Kier alpha value is -2.39. The molecule has 0 radical (unpaired) electrons.